The number of nitrogens with one attached hydrogen (secondary N) is 1. The number of aryl methyl sites for hydroxylation is 1. The molecule has 3 heterocycles. The highest BCUT2D eigenvalue weighted by Gasteiger charge is 2.31. The quantitative estimate of drug-likeness (QED) is 0.610. The molecule has 0 spiro atoms. The first-order chi connectivity index (χ1) is 14.0. The van der Waals surface area contributed by atoms with Crippen molar-refractivity contribution in [1.82, 2.24) is 19.6 Å². The Bertz CT molecular complexity index is 899. The number of carbonyl (C=O) groups excluding carboxylic acids is 1. The van der Waals surface area contributed by atoms with Crippen LogP contribution < -0.4 is 5.32 Å². The zero-order valence-electron chi connectivity index (χ0n) is 16.7. The molecule has 0 saturated carbocycles. The number of hydrogen-bond donors (Lipinski definition) is 1. The topological polar surface area (TPSA) is 92.3 Å². The Morgan fingerprint density at radius 2 is 2.14 bits per heavy atom. The molecule has 0 aliphatic carbocycles. The standard InChI is InChI=1S/C20H28N4O3S2/c1-2-13-29(26,27)24-12-4-5-17(14-24)20(25)22-9-3-6-19-23-18(15-28-19)16-7-10-21-11-8-16/h7-8,10-11,15,17H,2-6,9,12-14H2,1H3,(H,22,25). The Morgan fingerprint density at radius 1 is 1.34 bits per heavy atom. The predicted octanol–water partition coefficient (Wildman–Crippen LogP) is 2.71. The number of pyridine rings is 1. The maximum Gasteiger partial charge on any atom is 0.224 e. The highest BCUT2D eigenvalue weighted by atomic mass is 32.2. The molecule has 158 valence electrons. The monoisotopic (exact) mass is 436 g/mol. The molecule has 1 N–H and O–H groups in total. The molecule has 1 amide bonds. The van der Waals surface area contributed by atoms with E-state index in [1.54, 1.807) is 23.7 Å². The van der Waals surface area contributed by atoms with E-state index in [0.717, 1.165) is 41.9 Å². The number of rotatable bonds is 9. The molecular weight excluding hydrogens is 408 g/mol. The van der Waals surface area contributed by atoms with Crippen LogP contribution in [0.15, 0.2) is 29.9 Å². The first kappa shape index (κ1) is 21.9. The van der Waals surface area contributed by atoms with Gasteiger partial charge in [0.25, 0.3) is 0 Å². The molecule has 0 bridgehead atoms. The first-order valence-electron chi connectivity index (χ1n) is 10.1. The zero-order chi connectivity index (χ0) is 20.7. The van der Waals surface area contributed by atoms with Crippen molar-refractivity contribution in [2.45, 2.75) is 39.0 Å². The highest BCUT2D eigenvalue weighted by Crippen LogP contribution is 2.22. The van der Waals surface area contributed by atoms with Gasteiger partial charge >= 0.3 is 0 Å². The van der Waals surface area contributed by atoms with E-state index in [2.05, 4.69) is 15.3 Å². The van der Waals surface area contributed by atoms with Gasteiger partial charge in [0.05, 0.1) is 22.4 Å². The summed E-state index contributed by atoms with van der Waals surface area (Å²) >= 11 is 1.62. The number of nitrogens with zero attached hydrogens (tertiary/aromatic N) is 3. The van der Waals surface area contributed by atoms with Gasteiger partial charge in [0.1, 0.15) is 0 Å². The molecule has 0 radical (unpaired) electrons. The summed E-state index contributed by atoms with van der Waals surface area (Å²) in [7, 11) is -3.24. The second-order valence-corrected chi connectivity index (χ2v) is 10.3. The second-order valence-electron chi connectivity index (χ2n) is 7.27. The average molecular weight is 437 g/mol. The lowest BCUT2D eigenvalue weighted by molar-refractivity contribution is -0.126. The van der Waals surface area contributed by atoms with Gasteiger partial charge in [-0.15, -0.1) is 11.3 Å². The Labute approximate surface area is 176 Å². The number of carbonyl (C=O) groups is 1. The Balaban J connectivity index is 1.43. The molecular formula is C20H28N4O3S2. The average Bonchev–Trinajstić information content (AvgIpc) is 3.21. The van der Waals surface area contributed by atoms with Gasteiger partial charge in [0.2, 0.25) is 15.9 Å². The van der Waals surface area contributed by atoms with Crippen LogP contribution in [0.4, 0.5) is 0 Å². The fourth-order valence-electron chi connectivity index (χ4n) is 3.47. The van der Waals surface area contributed by atoms with Crippen molar-refractivity contribution >= 4 is 27.3 Å². The first-order valence-corrected chi connectivity index (χ1v) is 12.6. The van der Waals surface area contributed by atoms with Crippen LogP contribution in [0.3, 0.4) is 0 Å². The Kier molecular flexibility index (Phi) is 7.74. The lowest BCUT2D eigenvalue weighted by atomic mass is 9.99. The van der Waals surface area contributed by atoms with Crippen LogP contribution in [0.25, 0.3) is 11.3 Å². The summed E-state index contributed by atoms with van der Waals surface area (Å²) in [6, 6.07) is 3.88. The van der Waals surface area contributed by atoms with Gasteiger partial charge in [0, 0.05) is 49.4 Å². The summed E-state index contributed by atoms with van der Waals surface area (Å²) in [5.41, 5.74) is 2.00. The van der Waals surface area contributed by atoms with Crippen molar-refractivity contribution in [1.29, 1.82) is 0 Å². The van der Waals surface area contributed by atoms with Crippen molar-refractivity contribution in [3.8, 4) is 11.3 Å². The number of hydrogen-bond acceptors (Lipinski definition) is 6. The van der Waals surface area contributed by atoms with Gasteiger partial charge in [-0.25, -0.2) is 17.7 Å². The van der Waals surface area contributed by atoms with Crippen LogP contribution in [-0.2, 0) is 21.2 Å². The van der Waals surface area contributed by atoms with Gasteiger partial charge < -0.3 is 5.32 Å². The molecule has 2 aromatic heterocycles. The van der Waals surface area contributed by atoms with E-state index in [1.165, 1.54) is 4.31 Å². The summed E-state index contributed by atoms with van der Waals surface area (Å²) in [5.74, 6) is -0.150. The Hall–Kier alpha value is -1.84. The lowest BCUT2D eigenvalue weighted by Crippen LogP contribution is -2.46. The van der Waals surface area contributed by atoms with Crippen LogP contribution in [0.5, 0.6) is 0 Å². The van der Waals surface area contributed by atoms with Crippen molar-refractivity contribution in [3.05, 3.63) is 34.9 Å². The predicted molar refractivity (Wildman–Crippen MR) is 115 cm³/mol. The van der Waals surface area contributed by atoms with Crippen LogP contribution in [0, 0.1) is 5.92 Å². The van der Waals surface area contributed by atoms with Gasteiger partial charge in [0.15, 0.2) is 0 Å². The molecule has 7 nitrogen and oxygen atoms in total. The van der Waals surface area contributed by atoms with E-state index < -0.39 is 10.0 Å². The number of piperidine rings is 1. The van der Waals surface area contributed by atoms with Crippen LogP contribution in [0.1, 0.15) is 37.6 Å². The molecule has 1 atom stereocenters. The third-order valence-corrected chi connectivity index (χ3v) is 7.96. The molecule has 29 heavy (non-hydrogen) atoms. The summed E-state index contributed by atoms with van der Waals surface area (Å²) in [6.07, 6.45) is 7.18. The minimum atomic E-state index is -3.24. The lowest BCUT2D eigenvalue weighted by Gasteiger charge is -2.31. The molecule has 1 unspecified atom stereocenters. The van der Waals surface area contributed by atoms with Crippen LogP contribution in [-0.4, -0.2) is 54.0 Å². The summed E-state index contributed by atoms with van der Waals surface area (Å²) in [5, 5.41) is 6.05. The molecule has 2 aromatic rings. The molecule has 9 heteroatoms. The van der Waals surface area contributed by atoms with Gasteiger partial charge in [-0.05, 0) is 37.8 Å². The maximum atomic E-state index is 12.5. The third kappa shape index (κ3) is 6.07. The normalized spacial score (nSPS) is 17.9. The molecule has 1 saturated heterocycles. The van der Waals surface area contributed by atoms with Crippen molar-refractivity contribution in [2.24, 2.45) is 5.92 Å². The minimum Gasteiger partial charge on any atom is -0.356 e. The maximum absolute atomic E-state index is 12.5. The van der Waals surface area contributed by atoms with Crippen molar-refractivity contribution < 1.29 is 13.2 Å². The SMILES string of the molecule is CCCS(=O)(=O)N1CCCC(C(=O)NCCCc2nc(-c3ccncc3)cs2)C1. The van der Waals surface area contributed by atoms with Gasteiger partial charge in [-0.3, -0.25) is 9.78 Å². The van der Waals surface area contributed by atoms with Gasteiger partial charge in [-0.2, -0.15) is 0 Å². The zero-order valence-corrected chi connectivity index (χ0v) is 18.3. The fourth-order valence-corrected chi connectivity index (χ4v) is 5.91. The van der Waals surface area contributed by atoms with Crippen LogP contribution in [0.2, 0.25) is 0 Å². The van der Waals surface area contributed by atoms with E-state index in [0.29, 0.717) is 26.1 Å². The van der Waals surface area contributed by atoms with E-state index in [1.807, 2.05) is 24.4 Å². The molecule has 1 aliphatic rings. The van der Waals surface area contributed by atoms with E-state index in [9.17, 15) is 13.2 Å². The van der Waals surface area contributed by atoms with E-state index in [4.69, 9.17) is 0 Å². The second kappa shape index (κ2) is 10.3. The molecule has 3 rings (SSSR count). The summed E-state index contributed by atoms with van der Waals surface area (Å²) < 4.78 is 26.0. The van der Waals surface area contributed by atoms with E-state index in [-0.39, 0.29) is 17.6 Å². The number of thiazole rings is 1. The number of sulfonamides is 1. The molecule has 0 aromatic carbocycles. The van der Waals surface area contributed by atoms with Gasteiger partial charge in [-0.1, -0.05) is 6.92 Å². The number of aromatic nitrogens is 2. The largest absolute Gasteiger partial charge is 0.356 e. The fraction of sp³-hybridized carbons (Fsp3) is 0.550. The minimum absolute atomic E-state index is 0.0435. The van der Waals surface area contributed by atoms with E-state index >= 15 is 0 Å². The van der Waals surface area contributed by atoms with Crippen molar-refractivity contribution in [2.75, 3.05) is 25.4 Å². The summed E-state index contributed by atoms with van der Waals surface area (Å²) in [4.78, 5) is 21.1. The third-order valence-electron chi connectivity index (χ3n) is 5.00. The smallest absolute Gasteiger partial charge is 0.224 e. The number of amides is 1. The molecule has 1 aliphatic heterocycles. The Morgan fingerprint density at radius 3 is 2.90 bits per heavy atom. The van der Waals surface area contributed by atoms with Crippen LogP contribution >= 0.6 is 11.3 Å². The molecule has 1 fully saturated rings. The van der Waals surface area contributed by atoms with Crippen molar-refractivity contribution in [3.63, 3.8) is 0 Å². The summed E-state index contributed by atoms with van der Waals surface area (Å²) in [6.45, 7) is 3.25. The highest BCUT2D eigenvalue weighted by molar-refractivity contribution is 7.89.